The van der Waals surface area contributed by atoms with Crippen LogP contribution in [0.2, 0.25) is 0 Å². The second-order valence-electron chi connectivity index (χ2n) is 4.77. The molecule has 0 aromatic heterocycles. The Bertz CT molecular complexity index is 655. The highest BCUT2D eigenvalue weighted by Gasteiger charge is 2.41. The third kappa shape index (κ3) is 3.92. The molecule has 2 unspecified atom stereocenters. The van der Waals surface area contributed by atoms with Gasteiger partial charge in [-0.2, -0.15) is 0 Å². The lowest BCUT2D eigenvalue weighted by Gasteiger charge is -2.06. The number of hydrogen-bond donors (Lipinski definition) is 1. The molecule has 0 amide bonds. The zero-order valence-corrected chi connectivity index (χ0v) is 13.2. The van der Waals surface area contributed by atoms with Crippen LogP contribution in [0.5, 0.6) is 5.75 Å². The van der Waals surface area contributed by atoms with E-state index in [2.05, 4.69) is 0 Å². The van der Waals surface area contributed by atoms with Gasteiger partial charge >= 0.3 is 13.8 Å². The number of rotatable bonds is 7. The number of carboxylic acids is 1. The summed E-state index contributed by atoms with van der Waals surface area (Å²) >= 11 is 0. The summed E-state index contributed by atoms with van der Waals surface area (Å²) in [6, 6.07) is 16.1. The maximum atomic E-state index is 12.8. The second kappa shape index (κ2) is 7.71. The van der Waals surface area contributed by atoms with Gasteiger partial charge in [0.2, 0.25) is 5.30 Å². The fourth-order valence-electron chi connectivity index (χ4n) is 2.19. The SMILES string of the molecule is CCOc1ccccc1[P+](=O)C(Cc1ccccc1)C(=O)O. The molecule has 0 aliphatic carbocycles. The Morgan fingerprint density at radius 2 is 1.77 bits per heavy atom. The van der Waals surface area contributed by atoms with Crippen molar-refractivity contribution < 1.29 is 19.2 Å². The number of carboxylic acid groups (broad SMARTS) is 1. The maximum Gasteiger partial charge on any atom is 0.396 e. The van der Waals surface area contributed by atoms with Crippen molar-refractivity contribution >= 4 is 19.1 Å². The number of carbonyl (C=O) groups is 1. The molecule has 2 rings (SSSR count). The van der Waals surface area contributed by atoms with Gasteiger partial charge in [0.15, 0.2) is 5.75 Å². The average molecular weight is 317 g/mol. The van der Waals surface area contributed by atoms with Crippen molar-refractivity contribution in [3.8, 4) is 5.75 Å². The van der Waals surface area contributed by atoms with Crippen LogP contribution in [0.3, 0.4) is 0 Å². The number of ether oxygens (including phenoxy) is 1. The molecule has 0 saturated carbocycles. The topological polar surface area (TPSA) is 63.6 Å². The summed E-state index contributed by atoms with van der Waals surface area (Å²) in [5.41, 5.74) is -0.119. The van der Waals surface area contributed by atoms with Gasteiger partial charge in [-0.15, -0.1) is 0 Å². The van der Waals surface area contributed by atoms with E-state index in [-0.39, 0.29) is 6.42 Å². The number of aliphatic carboxylic acids is 1. The summed E-state index contributed by atoms with van der Waals surface area (Å²) in [6.07, 6.45) is 0.228. The summed E-state index contributed by atoms with van der Waals surface area (Å²) in [5.74, 6) is -0.568. The normalized spacial score (nSPS) is 12.5. The van der Waals surface area contributed by atoms with Gasteiger partial charge in [-0.25, -0.2) is 4.79 Å². The molecule has 22 heavy (non-hydrogen) atoms. The highest BCUT2D eigenvalue weighted by atomic mass is 31.1. The highest BCUT2D eigenvalue weighted by Crippen LogP contribution is 2.34. The van der Waals surface area contributed by atoms with E-state index in [0.717, 1.165) is 5.56 Å². The van der Waals surface area contributed by atoms with E-state index in [4.69, 9.17) is 4.74 Å². The molecule has 0 saturated heterocycles. The predicted octanol–water partition coefficient (Wildman–Crippen LogP) is 3.23. The summed E-state index contributed by atoms with van der Waals surface area (Å²) in [7, 11) is -2.11. The molecule has 2 atom stereocenters. The number of para-hydroxylation sites is 1. The molecular weight excluding hydrogens is 299 g/mol. The van der Waals surface area contributed by atoms with E-state index in [1.807, 2.05) is 37.3 Å². The van der Waals surface area contributed by atoms with Crippen molar-refractivity contribution in [1.29, 1.82) is 0 Å². The Hall–Kier alpha value is -2.19. The van der Waals surface area contributed by atoms with Gasteiger partial charge < -0.3 is 9.84 Å². The highest BCUT2D eigenvalue weighted by molar-refractivity contribution is 7.55. The van der Waals surface area contributed by atoms with Gasteiger partial charge in [0.25, 0.3) is 5.66 Å². The van der Waals surface area contributed by atoms with Crippen molar-refractivity contribution in [2.24, 2.45) is 0 Å². The molecule has 0 radical (unpaired) electrons. The maximum absolute atomic E-state index is 12.8. The summed E-state index contributed by atoms with van der Waals surface area (Å²) in [5, 5.41) is 9.92. The Balaban J connectivity index is 2.29. The molecule has 0 aliphatic heterocycles. The van der Waals surface area contributed by atoms with Crippen LogP contribution in [0.1, 0.15) is 12.5 Å². The van der Waals surface area contributed by atoms with Crippen LogP contribution in [-0.2, 0) is 15.8 Å². The molecule has 1 N–H and O–H groups in total. The minimum atomic E-state index is -2.11. The number of benzene rings is 2. The van der Waals surface area contributed by atoms with E-state index in [1.54, 1.807) is 24.3 Å². The van der Waals surface area contributed by atoms with E-state index in [1.165, 1.54) is 0 Å². The van der Waals surface area contributed by atoms with E-state index >= 15 is 0 Å². The lowest BCUT2D eigenvalue weighted by atomic mass is 10.1. The van der Waals surface area contributed by atoms with E-state index < -0.39 is 19.4 Å². The first kappa shape index (κ1) is 16.2. The largest absolute Gasteiger partial charge is 0.489 e. The molecule has 0 heterocycles. The van der Waals surface area contributed by atoms with Crippen molar-refractivity contribution in [2.75, 3.05) is 6.61 Å². The molecule has 0 spiro atoms. The molecule has 5 heteroatoms. The first-order chi connectivity index (χ1) is 10.6. The van der Waals surface area contributed by atoms with E-state index in [0.29, 0.717) is 17.7 Å². The molecule has 4 nitrogen and oxygen atoms in total. The Morgan fingerprint density at radius 3 is 2.41 bits per heavy atom. The summed E-state index contributed by atoms with van der Waals surface area (Å²) < 4.78 is 18.2. The minimum absolute atomic E-state index is 0.228. The molecule has 0 aliphatic rings. The molecule has 2 aromatic rings. The average Bonchev–Trinajstić information content (AvgIpc) is 2.53. The van der Waals surface area contributed by atoms with Crippen LogP contribution in [-0.4, -0.2) is 23.3 Å². The van der Waals surface area contributed by atoms with Crippen LogP contribution in [0.25, 0.3) is 0 Å². The lowest BCUT2D eigenvalue weighted by molar-refractivity contribution is -0.136. The first-order valence-electron chi connectivity index (χ1n) is 7.08. The van der Waals surface area contributed by atoms with Crippen LogP contribution in [0.4, 0.5) is 0 Å². The van der Waals surface area contributed by atoms with Gasteiger partial charge in [-0.1, -0.05) is 47.0 Å². The lowest BCUT2D eigenvalue weighted by Crippen LogP contribution is -2.23. The number of hydrogen-bond acceptors (Lipinski definition) is 3. The van der Waals surface area contributed by atoms with Gasteiger partial charge in [0.05, 0.1) is 6.61 Å². The second-order valence-corrected chi connectivity index (χ2v) is 6.53. The summed E-state index contributed by atoms with van der Waals surface area (Å²) in [6.45, 7) is 2.28. The zero-order chi connectivity index (χ0) is 15.9. The van der Waals surface area contributed by atoms with Crippen molar-refractivity contribution in [1.82, 2.24) is 0 Å². The fourth-order valence-corrected chi connectivity index (χ4v) is 3.69. The summed E-state index contributed by atoms with van der Waals surface area (Å²) in [4.78, 5) is 11.6. The molecular formula is C17H18O4P+. The third-order valence-corrected chi connectivity index (χ3v) is 5.06. The Kier molecular flexibility index (Phi) is 5.68. The van der Waals surface area contributed by atoms with Gasteiger partial charge in [0, 0.05) is 6.42 Å². The molecule has 0 bridgehead atoms. The van der Waals surface area contributed by atoms with Crippen LogP contribution in [0.15, 0.2) is 54.6 Å². The van der Waals surface area contributed by atoms with Gasteiger partial charge in [0.1, 0.15) is 0 Å². The van der Waals surface area contributed by atoms with Crippen LogP contribution in [0, 0.1) is 0 Å². The van der Waals surface area contributed by atoms with Crippen molar-refractivity contribution in [2.45, 2.75) is 19.0 Å². The standard InChI is InChI=1S/C17H17O4P/c1-2-21-14-10-6-7-11-15(14)22(20)16(17(18)19)12-13-8-4-3-5-9-13/h3-11,16H,2,12H2,1H3/p+1. The van der Waals surface area contributed by atoms with E-state index in [9.17, 15) is 14.5 Å². The van der Waals surface area contributed by atoms with Crippen molar-refractivity contribution in [3.05, 3.63) is 60.2 Å². The smallest absolute Gasteiger partial charge is 0.396 e. The predicted molar refractivity (Wildman–Crippen MR) is 86.4 cm³/mol. The Morgan fingerprint density at radius 1 is 1.14 bits per heavy atom. The quantitative estimate of drug-likeness (QED) is 0.796. The first-order valence-corrected chi connectivity index (χ1v) is 8.41. The zero-order valence-electron chi connectivity index (χ0n) is 12.3. The van der Waals surface area contributed by atoms with Crippen LogP contribution < -0.4 is 10.0 Å². The van der Waals surface area contributed by atoms with Crippen molar-refractivity contribution in [3.63, 3.8) is 0 Å². The molecule has 114 valence electrons. The monoisotopic (exact) mass is 317 g/mol. The molecule has 0 fully saturated rings. The Labute approximate surface area is 130 Å². The van der Waals surface area contributed by atoms with Gasteiger partial charge in [-0.3, -0.25) is 0 Å². The van der Waals surface area contributed by atoms with Crippen LogP contribution >= 0.6 is 7.80 Å². The van der Waals surface area contributed by atoms with Gasteiger partial charge in [-0.05, 0) is 24.6 Å². The fraction of sp³-hybridized carbons (Fsp3) is 0.235. The third-order valence-electron chi connectivity index (χ3n) is 3.24. The minimum Gasteiger partial charge on any atom is -0.489 e. The molecule has 2 aromatic carbocycles.